The fourth-order valence-corrected chi connectivity index (χ4v) is 11.0. The third-order valence-corrected chi connectivity index (χ3v) is 15.8. The Morgan fingerprint density at radius 1 is 0.952 bits per heavy atom. The number of carbonyl (C=O) groups is 5. The predicted molar refractivity (Wildman–Crippen MR) is 164 cm³/mol. The third kappa shape index (κ3) is 6.28. The van der Waals surface area contributed by atoms with Crippen LogP contribution in [0.25, 0.3) is 0 Å². The summed E-state index contributed by atoms with van der Waals surface area (Å²) < 4.78 is 0. The maximum absolute atomic E-state index is 15.0. The molecule has 2 amide bonds. The Morgan fingerprint density at radius 3 is 1.81 bits per heavy atom. The van der Waals surface area contributed by atoms with Gasteiger partial charge in [0.05, 0.1) is 37.8 Å². The number of amides is 2. The van der Waals surface area contributed by atoms with Crippen LogP contribution in [0.2, 0.25) is 23.2 Å². The maximum Gasteiger partial charge on any atom is 0.338 e. The Labute approximate surface area is 250 Å². The van der Waals surface area contributed by atoms with Crippen molar-refractivity contribution >= 4 is 37.4 Å². The summed E-state index contributed by atoms with van der Waals surface area (Å²) in [5, 5.41) is 18.8. The number of ketones is 2. The normalized spacial score (nSPS) is 17.4. The van der Waals surface area contributed by atoms with Gasteiger partial charge in [0, 0.05) is 6.42 Å². The number of hydrogen-bond donors (Lipinski definition) is 5. The van der Waals surface area contributed by atoms with E-state index in [1.165, 1.54) is 13.8 Å². The number of aliphatic hydroxyl groups is 1. The number of aliphatic carboxylic acids is 1. The van der Waals surface area contributed by atoms with E-state index < -0.39 is 90.1 Å². The fraction of sp³-hybridized carbons (Fsp3) is 0.633. The van der Waals surface area contributed by atoms with Crippen LogP contribution >= 0.6 is 0 Å². The van der Waals surface area contributed by atoms with E-state index in [2.05, 4.69) is 0 Å². The zero-order valence-electron chi connectivity index (χ0n) is 26.4. The number of nitrogens with two attached hydrogens (primary N) is 3. The molecule has 0 bridgehead atoms. The highest BCUT2D eigenvalue weighted by Crippen LogP contribution is 2.64. The van der Waals surface area contributed by atoms with Crippen molar-refractivity contribution in [1.82, 2.24) is 4.90 Å². The van der Waals surface area contributed by atoms with Gasteiger partial charge in [-0.05, 0) is 36.8 Å². The third-order valence-electron chi connectivity index (χ3n) is 8.89. The van der Waals surface area contributed by atoms with E-state index in [0.717, 1.165) is 0 Å². The highest BCUT2D eigenvalue weighted by atomic mass is 28.3. The van der Waals surface area contributed by atoms with Crippen LogP contribution in [0.5, 0.6) is 0 Å². The second kappa shape index (κ2) is 13.7. The maximum atomic E-state index is 15.0. The zero-order valence-corrected chi connectivity index (χ0v) is 27.4. The molecule has 11 nitrogen and oxygen atoms in total. The quantitative estimate of drug-likeness (QED) is 0.153. The van der Waals surface area contributed by atoms with Gasteiger partial charge in [-0.25, -0.2) is 4.79 Å². The fourth-order valence-electron chi connectivity index (χ4n) is 6.33. The first-order chi connectivity index (χ1) is 19.1. The number of Topliss-reactive ketones (excluding diaryl/α,β-unsaturated/α-hetero) is 2. The van der Waals surface area contributed by atoms with Crippen LogP contribution in [0.3, 0.4) is 0 Å². The zero-order chi connectivity index (χ0) is 33.0. The van der Waals surface area contributed by atoms with Gasteiger partial charge in [0.2, 0.25) is 17.4 Å². The van der Waals surface area contributed by atoms with Crippen LogP contribution in [0.15, 0.2) is 30.3 Å². The highest BCUT2D eigenvalue weighted by molar-refractivity contribution is 6.87. The van der Waals surface area contributed by atoms with Crippen molar-refractivity contribution < 1.29 is 34.2 Å². The number of nitrogens with zero attached hydrogens (tertiary/aromatic N) is 1. The first-order valence-corrected chi connectivity index (χ1v) is 17.2. The number of benzene rings is 1. The molecule has 0 aliphatic rings. The SMILES string of the molecule is CC(O)CC(=O)C(C(C)C)(C(C(=O)O)(C(=O)C(N)Cc1ccccc1)N(C(=O)CN)C(=O)C(C)N)[Si](C)(C)C(C)(C)C. The molecule has 0 saturated heterocycles. The first-order valence-electron chi connectivity index (χ1n) is 14.2. The van der Waals surface area contributed by atoms with Crippen molar-refractivity contribution in [2.24, 2.45) is 23.1 Å². The topological polar surface area (TPSA) is 207 Å². The van der Waals surface area contributed by atoms with Crippen molar-refractivity contribution in [2.75, 3.05) is 6.54 Å². The van der Waals surface area contributed by atoms with Crippen LogP contribution in [0.4, 0.5) is 0 Å². The molecule has 0 aliphatic heterocycles. The molecule has 236 valence electrons. The molecule has 0 heterocycles. The summed E-state index contributed by atoms with van der Waals surface area (Å²) in [4.78, 5) is 71.7. The minimum absolute atomic E-state index is 0.137. The van der Waals surface area contributed by atoms with Gasteiger partial charge >= 0.3 is 5.97 Å². The van der Waals surface area contributed by atoms with E-state index >= 15 is 0 Å². The molecule has 42 heavy (non-hydrogen) atoms. The first kappa shape index (κ1) is 37.3. The molecule has 12 heteroatoms. The largest absolute Gasteiger partial charge is 0.479 e. The molecular formula is C30H50N4O7Si. The lowest BCUT2D eigenvalue weighted by Gasteiger charge is -2.62. The monoisotopic (exact) mass is 606 g/mol. The van der Waals surface area contributed by atoms with Crippen molar-refractivity contribution in [3.63, 3.8) is 0 Å². The van der Waals surface area contributed by atoms with E-state index in [1.54, 1.807) is 57.3 Å². The van der Waals surface area contributed by atoms with Gasteiger partial charge in [-0.2, -0.15) is 0 Å². The Bertz CT molecular complexity index is 1160. The number of imide groups is 1. The van der Waals surface area contributed by atoms with Crippen molar-refractivity contribution in [3.8, 4) is 0 Å². The van der Waals surface area contributed by atoms with Crippen molar-refractivity contribution in [1.29, 1.82) is 0 Å². The second-order valence-electron chi connectivity index (χ2n) is 13.1. The van der Waals surface area contributed by atoms with E-state index in [-0.39, 0.29) is 6.42 Å². The van der Waals surface area contributed by atoms with E-state index in [1.807, 2.05) is 20.8 Å². The summed E-state index contributed by atoms with van der Waals surface area (Å²) in [5.41, 5.74) is 15.7. The summed E-state index contributed by atoms with van der Waals surface area (Å²) >= 11 is 0. The number of carboxylic acid groups (broad SMARTS) is 1. The lowest BCUT2D eigenvalue weighted by Crippen LogP contribution is -2.81. The number of rotatable bonds is 14. The van der Waals surface area contributed by atoms with Crippen molar-refractivity contribution in [3.05, 3.63) is 35.9 Å². The van der Waals surface area contributed by atoms with Gasteiger partial charge in [-0.15, -0.1) is 0 Å². The molecule has 1 aromatic rings. The van der Waals surface area contributed by atoms with Gasteiger partial charge < -0.3 is 27.4 Å². The lowest BCUT2D eigenvalue weighted by molar-refractivity contribution is -0.178. The van der Waals surface area contributed by atoms with Crippen molar-refractivity contribution in [2.45, 2.75) is 108 Å². The van der Waals surface area contributed by atoms with Gasteiger partial charge in [0.15, 0.2) is 5.78 Å². The smallest absolute Gasteiger partial charge is 0.338 e. The van der Waals surface area contributed by atoms with E-state index in [9.17, 15) is 34.2 Å². The van der Waals surface area contributed by atoms with Gasteiger partial charge in [-0.3, -0.25) is 24.1 Å². The Kier molecular flexibility index (Phi) is 12.1. The summed E-state index contributed by atoms with van der Waals surface area (Å²) in [6, 6.07) is 5.62. The molecule has 1 rings (SSSR count). The molecule has 0 aromatic heterocycles. The Hall–Kier alpha value is -2.77. The second-order valence-corrected chi connectivity index (χ2v) is 18.6. The molecule has 5 unspecified atom stereocenters. The summed E-state index contributed by atoms with van der Waals surface area (Å²) in [6.45, 7) is 14.0. The Balaban J connectivity index is 4.66. The number of carbonyl (C=O) groups excluding carboxylic acids is 4. The van der Waals surface area contributed by atoms with Gasteiger partial charge in [-0.1, -0.05) is 78.0 Å². The molecule has 0 saturated carbocycles. The summed E-state index contributed by atoms with van der Waals surface area (Å²) in [6.07, 6.45) is -1.89. The molecule has 0 aliphatic carbocycles. The molecule has 8 N–H and O–H groups in total. The average Bonchev–Trinajstić information content (AvgIpc) is 2.86. The predicted octanol–water partition coefficient (Wildman–Crippen LogP) is 1.85. The Morgan fingerprint density at radius 2 is 1.45 bits per heavy atom. The van der Waals surface area contributed by atoms with E-state index in [0.29, 0.717) is 10.5 Å². The molecule has 0 radical (unpaired) electrons. The standard InChI is InChI=1S/C30H50N4O7Si/c1-18(2)30(23(36)15-19(3)35,42(8,9)28(5,6)7)29(27(40)41,34(24(37)17-31)26(39)20(4)32)25(38)22(33)16-21-13-11-10-12-14-21/h10-14,18-20,22,35H,15-17,31-33H2,1-9H3,(H,40,41). The summed E-state index contributed by atoms with van der Waals surface area (Å²) in [5.74, 6) is -7.12. The highest BCUT2D eigenvalue weighted by Gasteiger charge is 2.78. The molecular weight excluding hydrogens is 556 g/mol. The van der Waals surface area contributed by atoms with E-state index in [4.69, 9.17) is 17.2 Å². The molecule has 5 atom stereocenters. The number of hydrogen-bond acceptors (Lipinski definition) is 9. The number of aliphatic hydroxyl groups excluding tert-OH is 1. The van der Waals surface area contributed by atoms with Crippen LogP contribution in [-0.2, 0) is 30.4 Å². The molecule has 0 fully saturated rings. The minimum atomic E-state index is -3.52. The lowest BCUT2D eigenvalue weighted by atomic mass is 9.66. The minimum Gasteiger partial charge on any atom is -0.479 e. The van der Waals surface area contributed by atoms with Crippen LogP contribution < -0.4 is 17.2 Å². The van der Waals surface area contributed by atoms with Crippen LogP contribution in [-0.4, -0.2) is 82.8 Å². The molecule has 0 spiro atoms. The van der Waals surface area contributed by atoms with Gasteiger partial charge in [0.1, 0.15) is 5.78 Å². The molecule has 1 aromatic carbocycles. The number of carboxylic acids is 1. The summed E-state index contributed by atoms with van der Waals surface area (Å²) in [7, 11) is -3.52. The average molecular weight is 607 g/mol. The van der Waals surface area contributed by atoms with Crippen LogP contribution in [0, 0.1) is 5.92 Å². The van der Waals surface area contributed by atoms with Crippen LogP contribution in [0.1, 0.15) is 60.5 Å². The van der Waals surface area contributed by atoms with Gasteiger partial charge in [0.25, 0.3) is 0 Å².